The summed E-state index contributed by atoms with van der Waals surface area (Å²) < 4.78 is 9.22. The Hall–Kier alpha value is -9.70. The summed E-state index contributed by atoms with van der Waals surface area (Å²) in [4.78, 5) is 2.39. The van der Waals surface area contributed by atoms with Gasteiger partial charge in [-0.2, -0.15) is 0 Å². The molecule has 0 unspecified atom stereocenters. The molecule has 0 aliphatic heterocycles. The molecular formula is C70H46N2O. The molecule has 0 fully saturated rings. The Morgan fingerprint density at radius 1 is 0.288 bits per heavy atom. The van der Waals surface area contributed by atoms with Crippen molar-refractivity contribution in [1.82, 2.24) is 4.57 Å². The number of fused-ring (bicyclic) bond motifs is 7. The molecule has 12 aromatic carbocycles. The first kappa shape index (κ1) is 42.2. The molecule has 342 valence electrons. The number of para-hydroxylation sites is 3. The molecule has 0 N–H and O–H groups in total. The normalized spacial score (nSPS) is 11.6. The molecule has 3 heteroatoms. The van der Waals surface area contributed by atoms with Gasteiger partial charge >= 0.3 is 0 Å². The Bertz CT molecular complexity index is 4330. The maximum atomic E-state index is 6.83. The van der Waals surface area contributed by atoms with Crippen LogP contribution < -0.4 is 4.90 Å². The molecule has 0 saturated carbocycles. The minimum absolute atomic E-state index is 0.859. The summed E-state index contributed by atoms with van der Waals surface area (Å²) in [5.74, 6) is 0. The molecule has 0 spiro atoms. The largest absolute Gasteiger partial charge is 0.455 e. The van der Waals surface area contributed by atoms with Gasteiger partial charge in [-0.05, 0) is 128 Å². The summed E-state index contributed by atoms with van der Waals surface area (Å²) in [5.41, 5.74) is 20.0. The monoisotopic (exact) mass is 930 g/mol. The smallest absolute Gasteiger partial charge is 0.145 e. The zero-order valence-corrected chi connectivity index (χ0v) is 39.9. The van der Waals surface area contributed by atoms with Crippen LogP contribution in [0.25, 0.3) is 116 Å². The van der Waals surface area contributed by atoms with Crippen LogP contribution in [0.3, 0.4) is 0 Å². The van der Waals surface area contributed by atoms with Crippen molar-refractivity contribution >= 4 is 71.6 Å². The molecule has 0 bridgehead atoms. The number of hydrogen-bond acceptors (Lipinski definition) is 2. The molecular weight excluding hydrogens is 885 g/mol. The highest BCUT2D eigenvalue weighted by atomic mass is 16.3. The molecule has 3 nitrogen and oxygen atoms in total. The quantitative estimate of drug-likeness (QED) is 0.144. The van der Waals surface area contributed by atoms with E-state index in [0.29, 0.717) is 0 Å². The lowest BCUT2D eigenvalue weighted by Gasteiger charge is -2.27. The van der Waals surface area contributed by atoms with Gasteiger partial charge < -0.3 is 13.9 Å². The van der Waals surface area contributed by atoms with Crippen LogP contribution in [0.4, 0.5) is 17.1 Å². The Kier molecular flexibility index (Phi) is 10.2. The van der Waals surface area contributed by atoms with Gasteiger partial charge in [0.15, 0.2) is 0 Å². The van der Waals surface area contributed by atoms with Gasteiger partial charge in [0.2, 0.25) is 0 Å². The number of rotatable bonds is 9. The highest BCUT2D eigenvalue weighted by molar-refractivity contribution is 6.18. The summed E-state index contributed by atoms with van der Waals surface area (Å²) in [7, 11) is 0. The molecule has 0 atom stereocenters. The molecule has 0 saturated heterocycles. The minimum Gasteiger partial charge on any atom is -0.455 e. The molecule has 0 aliphatic rings. The van der Waals surface area contributed by atoms with Crippen molar-refractivity contribution in [2.45, 2.75) is 0 Å². The van der Waals surface area contributed by atoms with Crippen LogP contribution in [0, 0.1) is 0 Å². The lowest BCUT2D eigenvalue weighted by Crippen LogP contribution is -2.10. The second kappa shape index (κ2) is 17.6. The zero-order chi connectivity index (χ0) is 48.2. The fraction of sp³-hybridized carbons (Fsp3) is 0. The summed E-state index contributed by atoms with van der Waals surface area (Å²) in [5, 5.41) is 7.14. The third-order valence-electron chi connectivity index (χ3n) is 14.6. The molecule has 2 aromatic heterocycles. The molecule has 0 amide bonds. The zero-order valence-electron chi connectivity index (χ0n) is 39.9. The lowest BCUT2D eigenvalue weighted by molar-refractivity contribution is 0.670. The minimum atomic E-state index is 0.859. The predicted octanol–water partition coefficient (Wildman–Crippen LogP) is 19.6. The van der Waals surface area contributed by atoms with E-state index in [1.807, 2.05) is 0 Å². The van der Waals surface area contributed by atoms with E-state index >= 15 is 0 Å². The van der Waals surface area contributed by atoms with Crippen molar-refractivity contribution < 1.29 is 4.42 Å². The first-order valence-corrected chi connectivity index (χ1v) is 25.0. The van der Waals surface area contributed by atoms with Crippen molar-refractivity contribution in [3.05, 3.63) is 279 Å². The van der Waals surface area contributed by atoms with Gasteiger partial charge in [0.05, 0.1) is 22.1 Å². The second-order valence-electron chi connectivity index (χ2n) is 18.8. The number of furan rings is 1. The second-order valence-corrected chi connectivity index (χ2v) is 18.8. The van der Waals surface area contributed by atoms with E-state index in [-0.39, 0.29) is 0 Å². The van der Waals surface area contributed by atoms with Crippen LogP contribution in [0.15, 0.2) is 283 Å². The Balaban J connectivity index is 0.895. The topological polar surface area (TPSA) is 21.3 Å². The van der Waals surface area contributed by atoms with E-state index in [4.69, 9.17) is 4.42 Å². The van der Waals surface area contributed by atoms with Crippen molar-refractivity contribution in [3.8, 4) is 61.3 Å². The van der Waals surface area contributed by atoms with Gasteiger partial charge in [0, 0.05) is 38.8 Å². The third-order valence-corrected chi connectivity index (χ3v) is 14.6. The first-order chi connectivity index (χ1) is 36.2. The van der Waals surface area contributed by atoms with Gasteiger partial charge in [-0.1, -0.05) is 212 Å². The molecule has 2 heterocycles. The maximum Gasteiger partial charge on any atom is 0.145 e. The van der Waals surface area contributed by atoms with Crippen molar-refractivity contribution in [1.29, 1.82) is 0 Å². The fourth-order valence-electron chi connectivity index (χ4n) is 11.3. The van der Waals surface area contributed by atoms with Crippen molar-refractivity contribution in [2.24, 2.45) is 0 Å². The van der Waals surface area contributed by atoms with E-state index in [1.165, 1.54) is 66.0 Å². The number of nitrogens with zero attached hydrogens (tertiary/aromatic N) is 2. The molecule has 0 radical (unpaired) electrons. The standard InChI is InChI=1S/C70H46N2O/c1-3-17-50(18-4-1)59-45-46-66(69-63-27-12-14-32-67(63)73-70(59)69)71(54-41-37-48(38-42-54)47-33-35-51(36-34-47)57-28-15-20-49-19-7-8-23-56(49)57)55-43-39-52(40-44-55)58-24-9-10-25-60(58)61-29-16-31-65-68(61)62-26-11-13-30-64(62)72(65)53-21-5-2-6-22-53/h1-46H. The maximum absolute atomic E-state index is 6.83. The van der Waals surface area contributed by atoms with E-state index < -0.39 is 0 Å². The van der Waals surface area contributed by atoms with E-state index in [9.17, 15) is 0 Å². The van der Waals surface area contributed by atoms with E-state index in [0.717, 1.165) is 66.9 Å². The van der Waals surface area contributed by atoms with Crippen LogP contribution in [0.5, 0.6) is 0 Å². The molecule has 73 heavy (non-hydrogen) atoms. The SMILES string of the molecule is c1ccc(-c2ccc(N(c3ccc(-c4ccc(-c5cccc6ccccc56)cc4)cc3)c3ccc(-c4ccccc4-c4cccc5c4c4ccccc4n5-c4ccccc4)cc3)c3c2oc2ccccc23)cc1. The van der Waals surface area contributed by atoms with Gasteiger partial charge in [0.25, 0.3) is 0 Å². The van der Waals surface area contributed by atoms with Crippen LogP contribution in [0.2, 0.25) is 0 Å². The van der Waals surface area contributed by atoms with Gasteiger partial charge in [-0.3, -0.25) is 0 Å². The van der Waals surface area contributed by atoms with Crippen LogP contribution in [-0.2, 0) is 0 Å². The number of hydrogen-bond donors (Lipinski definition) is 0. The molecule has 0 aliphatic carbocycles. The Morgan fingerprint density at radius 2 is 0.795 bits per heavy atom. The number of anilines is 3. The highest BCUT2D eigenvalue weighted by Crippen LogP contribution is 2.48. The van der Waals surface area contributed by atoms with Crippen LogP contribution in [-0.4, -0.2) is 4.57 Å². The van der Waals surface area contributed by atoms with E-state index in [2.05, 4.69) is 289 Å². The predicted molar refractivity (Wildman–Crippen MR) is 307 cm³/mol. The highest BCUT2D eigenvalue weighted by Gasteiger charge is 2.23. The summed E-state index contributed by atoms with van der Waals surface area (Å²) >= 11 is 0. The van der Waals surface area contributed by atoms with Gasteiger partial charge in [-0.25, -0.2) is 0 Å². The molecule has 14 aromatic rings. The molecule has 14 rings (SSSR count). The summed E-state index contributed by atoms with van der Waals surface area (Å²) in [6.07, 6.45) is 0. The number of benzene rings is 12. The van der Waals surface area contributed by atoms with Gasteiger partial charge in [-0.15, -0.1) is 0 Å². The summed E-state index contributed by atoms with van der Waals surface area (Å²) in [6.45, 7) is 0. The van der Waals surface area contributed by atoms with Crippen molar-refractivity contribution in [2.75, 3.05) is 4.90 Å². The number of aromatic nitrogens is 1. The van der Waals surface area contributed by atoms with Crippen molar-refractivity contribution in [3.63, 3.8) is 0 Å². The van der Waals surface area contributed by atoms with Gasteiger partial charge in [0.1, 0.15) is 11.2 Å². The third kappa shape index (κ3) is 7.21. The van der Waals surface area contributed by atoms with E-state index in [1.54, 1.807) is 0 Å². The summed E-state index contributed by atoms with van der Waals surface area (Å²) in [6, 6.07) is 101. The lowest BCUT2D eigenvalue weighted by atomic mass is 9.92. The average molecular weight is 931 g/mol. The van der Waals surface area contributed by atoms with Crippen LogP contribution in [0.1, 0.15) is 0 Å². The Morgan fingerprint density at radius 3 is 1.56 bits per heavy atom. The fourth-order valence-corrected chi connectivity index (χ4v) is 11.3. The average Bonchev–Trinajstić information content (AvgIpc) is 4.03. The van der Waals surface area contributed by atoms with Crippen LogP contribution >= 0.6 is 0 Å². The first-order valence-electron chi connectivity index (χ1n) is 25.0. The Labute approximate surface area is 423 Å².